The van der Waals surface area contributed by atoms with E-state index in [1.165, 1.54) is 0 Å². The Morgan fingerprint density at radius 1 is 0.974 bits per heavy atom. The molecule has 1 fully saturated rings. The first kappa shape index (κ1) is 32.8. The lowest BCUT2D eigenvalue weighted by Gasteiger charge is -2.14. The molecule has 0 radical (unpaired) electrons. The quantitative estimate of drug-likeness (QED) is 0.327. The van der Waals surface area contributed by atoms with Gasteiger partial charge in [0.25, 0.3) is 0 Å². The van der Waals surface area contributed by atoms with Crippen LogP contribution in [0.2, 0.25) is 0 Å². The maximum atomic E-state index is 11.1. The summed E-state index contributed by atoms with van der Waals surface area (Å²) in [6.45, 7) is 14.9. The standard InChI is InChI=1S/C15H14N2OS.C8H16O2.C6H13NO2S/c1-10(2)18-15-14(13-8-5-9-19-13)16-11-6-3-4-7-12(11)17-15;1-5(2)7(9)8(10)6(3)4;1-5(2)7-10(8,9)6-3-4-6/h3-10H,1-2H3;5-7,9H,1-4H3;5-7H,3-4H2,1-2H3/t;7-;/m.0./s1. The van der Waals surface area contributed by atoms with Crippen LogP contribution in [-0.4, -0.2) is 52.8 Å². The number of Topliss-reactive ketones (excluding diaryl/α,β-unsaturated/α-hetero) is 1. The fourth-order valence-electron chi connectivity index (χ4n) is 3.34. The molecule has 0 unspecified atom stereocenters. The molecule has 2 heterocycles. The van der Waals surface area contributed by atoms with Gasteiger partial charge in [-0.2, -0.15) is 0 Å². The number of nitrogens with one attached hydrogen (secondary N) is 1. The van der Waals surface area contributed by atoms with Crippen LogP contribution in [0, 0.1) is 11.8 Å². The largest absolute Gasteiger partial charge is 0.473 e. The summed E-state index contributed by atoms with van der Waals surface area (Å²) < 4.78 is 30.5. The molecule has 0 saturated heterocycles. The molecule has 1 atom stereocenters. The molecule has 1 aromatic carbocycles. The second-order valence-corrected chi connectivity index (χ2v) is 13.7. The van der Waals surface area contributed by atoms with E-state index in [0.717, 1.165) is 34.4 Å². The highest BCUT2D eigenvalue weighted by Crippen LogP contribution is 2.32. The number of nitrogens with zero attached hydrogens (tertiary/aromatic N) is 2. The molecule has 1 aliphatic rings. The summed E-state index contributed by atoms with van der Waals surface area (Å²) in [5.74, 6) is 0.526. The van der Waals surface area contributed by atoms with Crippen LogP contribution in [0.4, 0.5) is 0 Å². The summed E-state index contributed by atoms with van der Waals surface area (Å²) >= 11 is 1.64. The van der Waals surface area contributed by atoms with Gasteiger partial charge in [0.1, 0.15) is 11.8 Å². The fourth-order valence-corrected chi connectivity index (χ4v) is 5.65. The van der Waals surface area contributed by atoms with Crippen LogP contribution in [0.1, 0.15) is 68.2 Å². The van der Waals surface area contributed by atoms with Gasteiger partial charge in [0, 0.05) is 12.0 Å². The monoisotopic (exact) mass is 577 g/mol. The second-order valence-electron chi connectivity index (χ2n) is 10.8. The zero-order valence-corrected chi connectivity index (χ0v) is 25.8. The Morgan fingerprint density at radius 3 is 1.97 bits per heavy atom. The van der Waals surface area contributed by atoms with Crippen molar-refractivity contribution in [2.75, 3.05) is 0 Å². The maximum absolute atomic E-state index is 11.1. The van der Waals surface area contributed by atoms with Crippen LogP contribution in [0.3, 0.4) is 0 Å². The van der Waals surface area contributed by atoms with Crippen LogP contribution in [0.5, 0.6) is 5.88 Å². The van der Waals surface area contributed by atoms with Gasteiger partial charge in [0.2, 0.25) is 15.9 Å². The lowest BCUT2D eigenvalue weighted by Crippen LogP contribution is -2.32. The van der Waals surface area contributed by atoms with Gasteiger partial charge >= 0.3 is 0 Å². The molecular formula is C29H43N3O5S2. The molecule has 0 bridgehead atoms. The molecule has 0 aliphatic heterocycles. The van der Waals surface area contributed by atoms with Crippen molar-refractivity contribution in [3.63, 3.8) is 0 Å². The van der Waals surface area contributed by atoms with Gasteiger partial charge in [-0.25, -0.2) is 23.1 Å². The molecule has 216 valence electrons. The number of carbonyl (C=O) groups is 1. The lowest BCUT2D eigenvalue weighted by atomic mass is 9.96. The zero-order chi connectivity index (χ0) is 29.3. The third kappa shape index (κ3) is 10.6. The third-order valence-corrected chi connectivity index (χ3v) is 8.52. The van der Waals surface area contributed by atoms with Gasteiger partial charge < -0.3 is 9.84 Å². The Labute approximate surface area is 237 Å². The van der Waals surface area contributed by atoms with Crippen molar-refractivity contribution in [3.8, 4) is 16.5 Å². The Morgan fingerprint density at radius 2 is 1.56 bits per heavy atom. The van der Waals surface area contributed by atoms with E-state index in [0.29, 0.717) is 5.88 Å². The minimum absolute atomic E-state index is 0.0330. The van der Waals surface area contributed by atoms with Crippen molar-refractivity contribution < 1.29 is 23.1 Å². The van der Waals surface area contributed by atoms with Gasteiger partial charge in [-0.15, -0.1) is 11.3 Å². The molecule has 1 aliphatic carbocycles. The van der Waals surface area contributed by atoms with Crippen molar-refractivity contribution in [1.82, 2.24) is 14.7 Å². The number of ether oxygens (including phenoxy) is 1. The summed E-state index contributed by atoms with van der Waals surface area (Å²) in [5, 5.41) is 11.2. The molecule has 3 aromatic rings. The number of hydrogen-bond donors (Lipinski definition) is 2. The van der Waals surface area contributed by atoms with Gasteiger partial charge in [-0.05, 0) is 70.0 Å². The Hall–Kier alpha value is -2.40. The fraction of sp³-hybridized carbons (Fsp3) is 0.552. The summed E-state index contributed by atoms with van der Waals surface area (Å²) in [7, 11) is -2.94. The minimum atomic E-state index is -2.94. The van der Waals surface area contributed by atoms with E-state index in [4.69, 9.17) is 9.72 Å². The third-order valence-electron chi connectivity index (χ3n) is 5.50. The number of benzene rings is 1. The number of carbonyl (C=O) groups excluding carboxylic acids is 1. The number of aliphatic hydroxyl groups excluding tert-OH is 1. The van der Waals surface area contributed by atoms with E-state index in [1.54, 1.807) is 25.2 Å². The van der Waals surface area contributed by atoms with Crippen molar-refractivity contribution in [2.45, 2.75) is 91.7 Å². The van der Waals surface area contributed by atoms with Crippen LogP contribution in [0.25, 0.3) is 21.6 Å². The highest BCUT2D eigenvalue weighted by Gasteiger charge is 2.35. The molecule has 8 nitrogen and oxygen atoms in total. The maximum Gasteiger partial charge on any atom is 0.242 e. The number of fused-ring (bicyclic) bond motifs is 1. The molecule has 1 saturated carbocycles. The van der Waals surface area contributed by atoms with Crippen LogP contribution < -0.4 is 9.46 Å². The Balaban J connectivity index is 0.000000227. The predicted molar refractivity (Wildman–Crippen MR) is 160 cm³/mol. The molecule has 0 amide bonds. The number of aliphatic hydroxyl groups is 1. The SMILES string of the molecule is CC(C)C(=O)[C@@H](O)C(C)C.CC(C)NS(=O)(=O)C1CC1.CC(C)Oc1nc2ccccc2nc1-c1cccs1. The topological polar surface area (TPSA) is 118 Å². The molecule has 0 spiro atoms. The number of sulfonamides is 1. The highest BCUT2D eigenvalue weighted by molar-refractivity contribution is 7.90. The molecule has 39 heavy (non-hydrogen) atoms. The Kier molecular flexibility index (Phi) is 12.5. The van der Waals surface area contributed by atoms with E-state index in [9.17, 15) is 18.3 Å². The molecule has 10 heteroatoms. The zero-order valence-electron chi connectivity index (χ0n) is 24.2. The first-order chi connectivity index (χ1) is 18.2. The Bertz CT molecular complexity index is 1290. The van der Waals surface area contributed by atoms with Gasteiger partial charge in [-0.1, -0.05) is 45.9 Å². The smallest absolute Gasteiger partial charge is 0.242 e. The normalized spacial score (nSPS) is 14.2. The number of rotatable bonds is 9. The number of aromatic nitrogens is 2. The number of ketones is 1. The average molecular weight is 578 g/mol. The van der Waals surface area contributed by atoms with Crippen LogP contribution in [0.15, 0.2) is 41.8 Å². The van der Waals surface area contributed by atoms with E-state index in [1.807, 2.05) is 83.3 Å². The molecule has 4 rings (SSSR count). The van der Waals surface area contributed by atoms with E-state index in [-0.39, 0.29) is 35.0 Å². The van der Waals surface area contributed by atoms with E-state index >= 15 is 0 Å². The van der Waals surface area contributed by atoms with Crippen molar-refractivity contribution in [3.05, 3.63) is 41.8 Å². The van der Waals surface area contributed by atoms with Crippen LogP contribution >= 0.6 is 11.3 Å². The van der Waals surface area contributed by atoms with Crippen molar-refractivity contribution in [1.29, 1.82) is 0 Å². The number of hydrogen-bond acceptors (Lipinski definition) is 8. The highest BCUT2D eigenvalue weighted by atomic mass is 32.2. The lowest BCUT2D eigenvalue weighted by molar-refractivity contribution is -0.132. The minimum Gasteiger partial charge on any atom is -0.473 e. The average Bonchev–Trinajstić information content (AvgIpc) is 3.59. The first-order valence-electron chi connectivity index (χ1n) is 13.4. The number of thiophene rings is 1. The first-order valence-corrected chi connectivity index (χ1v) is 15.9. The van der Waals surface area contributed by atoms with Gasteiger partial charge in [-0.3, -0.25) is 4.79 Å². The van der Waals surface area contributed by atoms with Gasteiger partial charge in [0.05, 0.1) is 27.3 Å². The predicted octanol–water partition coefficient (Wildman–Crippen LogP) is 5.85. The van der Waals surface area contributed by atoms with Crippen molar-refractivity contribution >= 4 is 38.2 Å². The second kappa shape index (κ2) is 14.8. The molecule has 2 aromatic heterocycles. The number of para-hydroxylation sites is 2. The summed E-state index contributed by atoms with van der Waals surface area (Å²) in [5.41, 5.74) is 2.57. The molecule has 2 N–H and O–H groups in total. The summed E-state index contributed by atoms with van der Waals surface area (Å²) in [4.78, 5) is 21.4. The van der Waals surface area contributed by atoms with Crippen molar-refractivity contribution in [2.24, 2.45) is 11.8 Å². The van der Waals surface area contributed by atoms with E-state index in [2.05, 4.69) is 9.71 Å². The van der Waals surface area contributed by atoms with Crippen LogP contribution in [-0.2, 0) is 14.8 Å². The van der Waals surface area contributed by atoms with Gasteiger partial charge in [0.15, 0.2) is 5.78 Å². The van der Waals surface area contributed by atoms with E-state index < -0.39 is 16.1 Å². The summed E-state index contributed by atoms with van der Waals surface area (Å²) in [6, 6.07) is 11.9. The molecular weight excluding hydrogens is 534 g/mol. The summed E-state index contributed by atoms with van der Waals surface area (Å²) in [6.07, 6.45) is 0.971.